The van der Waals surface area contributed by atoms with E-state index >= 15 is 0 Å². The minimum atomic E-state index is -1.26. The molecule has 0 heterocycles. The number of allylic oxidation sites excluding steroid dienone is 4. The quantitative estimate of drug-likeness (QED) is 0.0315. The number of hydrogen-bond acceptors (Lipinski definition) is 5. The number of carbonyl (C=O) groups is 1. The fourth-order valence-electron chi connectivity index (χ4n) is 7.20. The number of amides is 1. The second-order valence-corrected chi connectivity index (χ2v) is 16.1. The van der Waals surface area contributed by atoms with Crippen LogP contribution in [0.15, 0.2) is 24.3 Å². The number of unbranched alkanes of at least 4 members (excludes halogenated alkanes) is 29. The molecular formula is C47H91NO5. The number of rotatable bonds is 42. The highest BCUT2D eigenvalue weighted by atomic mass is 16.3. The van der Waals surface area contributed by atoms with E-state index < -0.39 is 36.9 Å². The van der Waals surface area contributed by atoms with Crippen molar-refractivity contribution in [3.05, 3.63) is 24.3 Å². The van der Waals surface area contributed by atoms with Crippen molar-refractivity contribution in [2.24, 2.45) is 0 Å². The van der Waals surface area contributed by atoms with Crippen LogP contribution in [0, 0.1) is 0 Å². The van der Waals surface area contributed by atoms with Crippen LogP contribution in [0.1, 0.15) is 239 Å². The van der Waals surface area contributed by atoms with Gasteiger partial charge in [0.25, 0.3) is 0 Å². The molecule has 0 spiro atoms. The summed E-state index contributed by atoms with van der Waals surface area (Å²) in [4.78, 5) is 12.5. The molecule has 0 aromatic carbocycles. The summed E-state index contributed by atoms with van der Waals surface area (Å²) in [6, 6.07) is -0.984. The van der Waals surface area contributed by atoms with Crippen LogP contribution in [0.2, 0.25) is 0 Å². The Labute approximate surface area is 329 Å². The van der Waals surface area contributed by atoms with Crippen molar-refractivity contribution in [3.8, 4) is 0 Å². The lowest BCUT2D eigenvalue weighted by molar-refractivity contribution is -0.132. The van der Waals surface area contributed by atoms with Crippen molar-refractivity contribution in [2.45, 2.75) is 263 Å². The monoisotopic (exact) mass is 750 g/mol. The molecular weight excluding hydrogens is 659 g/mol. The van der Waals surface area contributed by atoms with Crippen LogP contribution >= 0.6 is 0 Å². The fraction of sp³-hybridized carbons (Fsp3) is 0.894. The first-order chi connectivity index (χ1) is 26.0. The standard InChI is InChI=1S/C47H91NO5/c1-3-5-7-9-11-13-15-16-17-18-19-20-21-22-23-24-25-26-27-28-29-31-33-35-37-39-41-45(51)47(53)48-43(42-49)46(52)44(50)40-38-36-34-32-30-14-12-10-8-6-4-2/h19-20,22-23,43-46,49-52H,3-18,21,24-42H2,1-2H3,(H,48,53)/b20-19-,23-22-. The first-order valence-corrected chi connectivity index (χ1v) is 23.2. The average molecular weight is 750 g/mol. The van der Waals surface area contributed by atoms with Crippen molar-refractivity contribution >= 4 is 5.91 Å². The average Bonchev–Trinajstić information content (AvgIpc) is 3.16. The van der Waals surface area contributed by atoms with E-state index in [1.54, 1.807) is 0 Å². The van der Waals surface area contributed by atoms with E-state index in [4.69, 9.17) is 0 Å². The molecule has 0 bridgehead atoms. The van der Waals surface area contributed by atoms with Crippen molar-refractivity contribution < 1.29 is 25.2 Å². The predicted molar refractivity (Wildman–Crippen MR) is 228 cm³/mol. The SMILES string of the molecule is CCCCCCCCCCC/C=C\C/C=C\CCCCCCCCCCCCC(O)C(=O)NC(CO)C(O)C(O)CCCCCCCCCCCCC. The lowest BCUT2D eigenvalue weighted by Gasteiger charge is -2.27. The summed E-state index contributed by atoms with van der Waals surface area (Å²) in [5.41, 5.74) is 0. The highest BCUT2D eigenvalue weighted by Crippen LogP contribution is 2.16. The molecule has 6 heteroatoms. The summed E-state index contributed by atoms with van der Waals surface area (Å²) in [5, 5.41) is 43.6. The van der Waals surface area contributed by atoms with Crippen LogP contribution in [-0.4, -0.2) is 57.3 Å². The zero-order valence-electron chi connectivity index (χ0n) is 35.3. The molecule has 4 unspecified atom stereocenters. The van der Waals surface area contributed by atoms with E-state index in [2.05, 4.69) is 43.5 Å². The van der Waals surface area contributed by atoms with E-state index in [0.29, 0.717) is 12.8 Å². The first-order valence-electron chi connectivity index (χ1n) is 23.2. The molecule has 0 fully saturated rings. The first kappa shape index (κ1) is 51.8. The molecule has 0 aliphatic heterocycles. The highest BCUT2D eigenvalue weighted by molar-refractivity contribution is 5.80. The summed E-state index contributed by atoms with van der Waals surface area (Å²) < 4.78 is 0. The molecule has 0 aliphatic rings. The molecule has 314 valence electrons. The van der Waals surface area contributed by atoms with Gasteiger partial charge in [-0.25, -0.2) is 0 Å². The Hall–Kier alpha value is -1.21. The maximum Gasteiger partial charge on any atom is 0.249 e. The van der Waals surface area contributed by atoms with E-state index in [0.717, 1.165) is 44.9 Å². The van der Waals surface area contributed by atoms with Gasteiger partial charge in [0, 0.05) is 0 Å². The Morgan fingerprint density at radius 3 is 1.19 bits per heavy atom. The van der Waals surface area contributed by atoms with Crippen LogP contribution in [0.4, 0.5) is 0 Å². The highest BCUT2D eigenvalue weighted by Gasteiger charge is 2.28. The molecule has 0 aromatic heterocycles. The molecule has 0 aliphatic carbocycles. The van der Waals surface area contributed by atoms with Crippen molar-refractivity contribution in [1.82, 2.24) is 5.32 Å². The van der Waals surface area contributed by atoms with E-state index in [9.17, 15) is 25.2 Å². The Morgan fingerprint density at radius 2 is 0.811 bits per heavy atom. The largest absolute Gasteiger partial charge is 0.394 e. The van der Waals surface area contributed by atoms with Crippen molar-refractivity contribution in [2.75, 3.05) is 6.61 Å². The molecule has 0 saturated carbocycles. The Balaban J connectivity index is 3.66. The summed E-state index contributed by atoms with van der Waals surface area (Å²) >= 11 is 0. The number of aliphatic hydroxyl groups is 4. The Bertz CT molecular complexity index is 802. The maximum atomic E-state index is 12.5. The van der Waals surface area contributed by atoms with Gasteiger partial charge in [0.15, 0.2) is 0 Å². The lowest BCUT2D eigenvalue weighted by atomic mass is 9.99. The van der Waals surface area contributed by atoms with Gasteiger partial charge in [-0.15, -0.1) is 0 Å². The molecule has 1 amide bonds. The van der Waals surface area contributed by atoms with Crippen LogP contribution < -0.4 is 5.32 Å². The maximum absolute atomic E-state index is 12.5. The third-order valence-electron chi connectivity index (χ3n) is 10.9. The van der Waals surface area contributed by atoms with Gasteiger partial charge < -0.3 is 25.7 Å². The Morgan fingerprint density at radius 1 is 0.472 bits per heavy atom. The zero-order valence-corrected chi connectivity index (χ0v) is 35.3. The number of nitrogens with one attached hydrogen (secondary N) is 1. The topological polar surface area (TPSA) is 110 Å². The minimum absolute atomic E-state index is 0.367. The van der Waals surface area contributed by atoms with Crippen LogP contribution in [0.5, 0.6) is 0 Å². The van der Waals surface area contributed by atoms with Gasteiger partial charge in [-0.1, -0.05) is 218 Å². The van der Waals surface area contributed by atoms with Crippen LogP contribution in [0.3, 0.4) is 0 Å². The molecule has 5 N–H and O–H groups in total. The third kappa shape index (κ3) is 36.2. The molecule has 53 heavy (non-hydrogen) atoms. The van der Waals surface area contributed by atoms with Gasteiger partial charge in [0.1, 0.15) is 12.2 Å². The van der Waals surface area contributed by atoms with Gasteiger partial charge in [-0.2, -0.15) is 0 Å². The second-order valence-electron chi connectivity index (χ2n) is 16.1. The van der Waals surface area contributed by atoms with Crippen LogP contribution in [-0.2, 0) is 4.79 Å². The molecule has 0 rings (SSSR count). The molecule has 0 radical (unpaired) electrons. The van der Waals surface area contributed by atoms with Crippen molar-refractivity contribution in [3.63, 3.8) is 0 Å². The third-order valence-corrected chi connectivity index (χ3v) is 10.9. The van der Waals surface area contributed by atoms with E-state index in [1.165, 1.54) is 167 Å². The minimum Gasteiger partial charge on any atom is -0.394 e. The smallest absolute Gasteiger partial charge is 0.249 e. The van der Waals surface area contributed by atoms with Gasteiger partial charge >= 0.3 is 0 Å². The van der Waals surface area contributed by atoms with E-state index in [1.807, 2.05) is 0 Å². The lowest BCUT2D eigenvalue weighted by Crippen LogP contribution is -2.53. The summed E-state index contributed by atoms with van der Waals surface area (Å²) in [7, 11) is 0. The molecule has 4 atom stereocenters. The van der Waals surface area contributed by atoms with Gasteiger partial charge in [0.05, 0.1) is 18.8 Å². The summed E-state index contributed by atoms with van der Waals surface area (Å²) in [6.07, 6.45) is 47.9. The zero-order chi connectivity index (χ0) is 38.9. The van der Waals surface area contributed by atoms with Gasteiger partial charge in [-0.3, -0.25) is 4.79 Å². The molecule has 0 saturated heterocycles. The Kier molecular flexibility index (Phi) is 41.0. The fourth-order valence-corrected chi connectivity index (χ4v) is 7.20. The van der Waals surface area contributed by atoms with Gasteiger partial charge in [0.2, 0.25) is 5.91 Å². The van der Waals surface area contributed by atoms with Crippen molar-refractivity contribution in [1.29, 1.82) is 0 Å². The predicted octanol–water partition coefficient (Wildman–Crippen LogP) is 12.4. The number of hydrogen-bond donors (Lipinski definition) is 5. The summed E-state index contributed by atoms with van der Waals surface area (Å²) in [6.45, 7) is 4.04. The molecule has 0 aromatic rings. The van der Waals surface area contributed by atoms with Gasteiger partial charge in [-0.05, 0) is 44.9 Å². The van der Waals surface area contributed by atoms with E-state index in [-0.39, 0.29) is 0 Å². The second kappa shape index (κ2) is 41.9. The number of carbonyl (C=O) groups excluding carboxylic acids is 1. The number of aliphatic hydroxyl groups excluding tert-OH is 4. The molecule has 6 nitrogen and oxygen atoms in total. The van der Waals surface area contributed by atoms with Crippen LogP contribution in [0.25, 0.3) is 0 Å². The normalized spacial score (nSPS) is 14.3. The summed E-state index contributed by atoms with van der Waals surface area (Å²) in [5.74, 6) is -0.586.